The number of hydrogen-bond donors (Lipinski definition) is 2. The summed E-state index contributed by atoms with van der Waals surface area (Å²) in [6, 6.07) is 11.0. The number of fused-ring (bicyclic) bond motifs is 1. The first-order valence-corrected chi connectivity index (χ1v) is 10.9. The molecule has 1 unspecified atom stereocenters. The number of furan rings is 1. The van der Waals surface area contributed by atoms with Gasteiger partial charge in [-0.1, -0.05) is 12.1 Å². The molecule has 0 aliphatic carbocycles. The molecule has 2 aromatic heterocycles. The predicted octanol–water partition coefficient (Wildman–Crippen LogP) is 2.61. The van der Waals surface area contributed by atoms with Crippen LogP contribution in [0.4, 0.5) is 5.82 Å². The Morgan fingerprint density at radius 2 is 1.97 bits per heavy atom. The Bertz CT molecular complexity index is 1070. The standard InChI is InChI=1S/C23H28N4O4/c28-19(20-9-6-16-31-20)10-12-24-21(29)11-15-27-18-8-3-2-7-17(18)25-22(23(27)30)26-13-4-1-5-14-26/h2-3,6-9,16,19,28H,1,4-5,10-15H2,(H,24,29). The molecule has 3 heterocycles. The number of hydrogen-bond acceptors (Lipinski definition) is 6. The number of amides is 1. The van der Waals surface area contributed by atoms with E-state index in [1.165, 1.54) is 12.7 Å². The molecule has 3 aromatic rings. The lowest BCUT2D eigenvalue weighted by molar-refractivity contribution is -0.121. The lowest BCUT2D eigenvalue weighted by atomic mass is 10.1. The number of carbonyl (C=O) groups is 1. The molecule has 31 heavy (non-hydrogen) atoms. The van der Waals surface area contributed by atoms with Gasteiger partial charge in [0.2, 0.25) is 5.91 Å². The summed E-state index contributed by atoms with van der Waals surface area (Å²) in [4.78, 5) is 32.3. The number of rotatable bonds is 8. The molecule has 1 atom stereocenters. The molecule has 1 aliphatic heterocycles. The minimum atomic E-state index is -0.755. The first-order valence-electron chi connectivity index (χ1n) is 10.9. The zero-order valence-corrected chi connectivity index (χ0v) is 17.5. The van der Waals surface area contributed by atoms with Crippen LogP contribution >= 0.6 is 0 Å². The highest BCUT2D eigenvalue weighted by Crippen LogP contribution is 2.19. The summed E-state index contributed by atoms with van der Waals surface area (Å²) in [6.45, 7) is 2.26. The Morgan fingerprint density at radius 1 is 1.16 bits per heavy atom. The van der Waals surface area contributed by atoms with Crippen molar-refractivity contribution in [2.45, 2.75) is 44.8 Å². The third-order valence-electron chi connectivity index (χ3n) is 5.66. The van der Waals surface area contributed by atoms with Gasteiger partial charge in [0.05, 0.1) is 17.3 Å². The van der Waals surface area contributed by atoms with E-state index in [2.05, 4.69) is 15.2 Å². The summed E-state index contributed by atoms with van der Waals surface area (Å²) in [5, 5.41) is 12.8. The van der Waals surface area contributed by atoms with Crippen LogP contribution in [0.2, 0.25) is 0 Å². The van der Waals surface area contributed by atoms with Crippen LogP contribution < -0.4 is 15.8 Å². The maximum absolute atomic E-state index is 13.2. The Hall–Kier alpha value is -3.13. The second kappa shape index (κ2) is 9.78. The third kappa shape index (κ3) is 4.96. The molecule has 0 saturated carbocycles. The van der Waals surface area contributed by atoms with Gasteiger partial charge in [-0.25, -0.2) is 4.98 Å². The lowest BCUT2D eigenvalue weighted by Crippen LogP contribution is -2.37. The van der Waals surface area contributed by atoms with E-state index < -0.39 is 6.10 Å². The van der Waals surface area contributed by atoms with Gasteiger partial charge < -0.3 is 24.3 Å². The average Bonchev–Trinajstić information content (AvgIpc) is 3.34. The van der Waals surface area contributed by atoms with E-state index in [1.807, 2.05) is 24.3 Å². The number of anilines is 1. The van der Waals surface area contributed by atoms with Crippen LogP contribution in [-0.4, -0.2) is 40.2 Å². The molecular formula is C23H28N4O4. The van der Waals surface area contributed by atoms with Gasteiger partial charge in [-0.05, 0) is 49.9 Å². The molecule has 0 bridgehead atoms. The van der Waals surface area contributed by atoms with Crippen LogP contribution in [0, 0.1) is 0 Å². The number of aliphatic hydroxyl groups excluding tert-OH is 1. The van der Waals surface area contributed by atoms with E-state index >= 15 is 0 Å². The van der Waals surface area contributed by atoms with E-state index in [1.54, 1.807) is 16.7 Å². The second-order valence-electron chi connectivity index (χ2n) is 7.85. The molecule has 1 fully saturated rings. The Kier molecular flexibility index (Phi) is 6.66. The molecule has 164 valence electrons. The van der Waals surface area contributed by atoms with Crippen molar-refractivity contribution in [3.05, 3.63) is 58.8 Å². The van der Waals surface area contributed by atoms with Crippen molar-refractivity contribution in [3.8, 4) is 0 Å². The SMILES string of the molecule is O=C(CCn1c(=O)c(N2CCCCC2)nc2ccccc21)NCCC(O)c1ccco1. The minimum Gasteiger partial charge on any atom is -0.467 e. The number of nitrogens with zero attached hydrogens (tertiary/aromatic N) is 3. The lowest BCUT2D eigenvalue weighted by Gasteiger charge is -2.27. The van der Waals surface area contributed by atoms with Gasteiger partial charge >= 0.3 is 0 Å². The van der Waals surface area contributed by atoms with E-state index in [9.17, 15) is 14.7 Å². The highest BCUT2D eigenvalue weighted by atomic mass is 16.4. The van der Waals surface area contributed by atoms with Gasteiger partial charge in [-0.2, -0.15) is 0 Å². The van der Waals surface area contributed by atoms with Gasteiger partial charge in [-0.15, -0.1) is 0 Å². The van der Waals surface area contributed by atoms with Crippen LogP contribution in [0.15, 0.2) is 51.9 Å². The van der Waals surface area contributed by atoms with Crippen LogP contribution in [0.1, 0.15) is 44.0 Å². The number of para-hydroxylation sites is 2. The summed E-state index contributed by atoms with van der Waals surface area (Å²) >= 11 is 0. The summed E-state index contributed by atoms with van der Waals surface area (Å²) < 4.78 is 6.82. The van der Waals surface area contributed by atoms with Crippen molar-refractivity contribution in [2.75, 3.05) is 24.5 Å². The van der Waals surface area contributed by atoms with Crippen molar-refractivity contribution >= 4 is 22.8 Å². The average molecular weight is 425 g/mol. The quantitative estimate of drug-likeness (QED) is 0.577. The fourth-order valence-electron chi connectivity index (χ4n) is 3.99. The van der Waals surface area contributed by atoms with E-state index in [0.29, 0.717) is 24.5 Å². The smallest absolute Gasteiger partial charge is 0.294 e. The van der Waals surface area contributed by atoms with Gasteiger partial charge in [0.25, 0.3) is 5.56 Å². The number of benzene rings is 1. The maximum Gasteiger partial charge on any atom is 0.294 e. The van der Waals surface area contributed by atoms with E-state index in [0.717, 1.165) is 37.0 Å². The van der Waals surface area contributed by atoms with Crippen LogP contribution in [-0.2, 0) is 11.3 Å². The fourth-order valence-corrected chi connectivity index (χ4v) is 3.99. The van der Waals surface area contributed by atoms with Crippen molar-refractivity contribution in [3.63, 3.8) is 0 Å². The zero-order valence-electron chi connectivity index (χ0n) is 17.5. The third-order valence-corrected chi connectivity index (χ3v) is 5.66. The van der Waals surface area contributed by atoms with Gasteiger partial charge in [0.1, 0.15) is 11.9 Å². The molecule has 1 amide bonds. The number of aromatic nitrogens is 2. The van der Waals surface area contributed by atoms with Gasteiger partial charge in [0.15, 0.2) is 5.82 Å². The van der Waals surface area contributed by atoms with Crippen molar-refractivity contribution in [2.24, 2.45) is 0 Å². The predicted molar refractivity (Wildman–Crippen MR) is 118 cm³/mol. The fraction of sp³-hybridized carbons (Fsp3) is 0.435. The Labute approximate surface area is 180 Å². The molecule has 1 aliphatic rings. The number of aryl methyl sites for hydroxylation is 1. The Morgan fingerprint density at radius 3 is 2.74 bits per heavy atom. The number of nitrogens with one attached hydrogen (secondary N) is 1. The molecular weight excluding hydrogens is 396 g/mol. The van der Waals surface area contributed by atoms with E-state index in [4.69, 9.17) is 4.42 Å². The van der Waals surface area contributed by atoms with E-state index in [-0.39, 0.29) is 24.4 Å². The highest BCUT2D eigenvalue weighted by Gasteiger charge is 2.19. The largest absolute Gasteiger partial charge is 0.467 e. The topological polar surface area (TPSA) is 101 Å². The zero-order chi connectivity index (χ0) is 21.6. The molecule has 8 heteroatoms. The van der Waals surface area contributed by atoms with Crippen LogP contribution in [0.5, 0.6) is 0 Å². The summed E-state index contributed by atoms with van der Waals surface area (Å²) in [5.41, 5.74) is 1.33. The molecule has 4 rings (SSSR count). The molecule has 2 N–H and O–H groups in total. The van der Waals surface area contributed by atoms with Crippen molar-refractivity contribution in [1.29, 1.82) is 0 Å². The molecule has 1 aromatic carbocycles. The van der Waals surface area contributed by atoms with Crippen LogP contribution in [0.25, 0.3) is 11.0 Å². The molecule has 8 nitrogen and oxygen atoms in total. The number of piperidine rings is 1. The normalized spacial score (nSPS) is 15.2. The molecule has 0 radical (unpaired) electrons. The Balaban J connectivity index is 1.43. The van der Waals surface area contributed by atoms with Gasteiger partial charge in [-0.3, -0.25) is 9.59 Å². The molecule has 1 saturated heterocycles. The molecule has 0 spiro atoms. The minimum absolute atomic E-state index is 0.151. The second-order valence-corrected chi connectivity index (χ2v) is 7.85. The van der Waals surface area contributed by atoms with Gasteiger partial charge in [0, 0.05) is 32.6 Å². The summed E-state index contributed by atoms with van der Waals surface area (Å²) in [6.07, 6.45) is 4.56. The van der Waals surface area contributed by atoms with Crippen LogP contribution in [0.3, 0.4) is 0 Å². The highest BCUT2D eigenvalue weighted by molar-refractivity contribution is 5.78. The first-order chi connectivity index (χ1) is 15.1. The number of carbonyl (C=O) groups excluding carboxylic acids is 1. The maximum atomic E-state index is 13.2. The first kappa shape index (κ1) is 21.1. The summed E-state index contributed by atoms with van der Waals surface area (Å²) in [7, 11) is 0. The van der Waals surface area contributed by atoms with Crippen molar-refractivity contribution < 1.29 is 14.3 Å². The monoisotopic (exact) mass is 424 g/mol. The summed E-state index contributed by atoms with van der Waals surface area (Å²) in [5.74, 6) is 0.786. The number of aliphatic hydroxyl groups is 1. The van der Waals surface area contributed by atoms with Crippen molar-refractivity contribution in [1.82, 2.24) is 14.9 Å².